The Morgan fingerprint density at radius 3 is 2.44 bits per heavy atom. The number of hydrogen-bond acceptors (Lipinski definition) is 2. The van der Waals surface area contributed by atoms with Crippen molar-refractivity contribution in [1.82, 2.24) is 0 Å². The lowest BCUT2D eigenvalue weighted by Gasteiger charge is -2.11. The third kappa shape index (κ3) is 3.69. The summed E-state index contributed by atoms with van der Waals surface area (Å²) in [6, 6.07) is 3.30. The number of aliphatic hydroxyl groups is 1. The van der Waals surface area contributed by atoms with Crippen molar-refractivity contribution in [2.24, 2.45) is 0 Å². The molecule has 1 atom stereocenters. The van der Waals surface area contributed by atoms with E-state index in [2.05, 4.69) is 4.74 Å². The second-order valence-corrected chi connectivity index (χ2v) is 3.27. The van der Waals surface area contributed by atoms with Crippen molar-refractivity contribution >= 4 is 0 Å². The van der Waals surface area contributed by atoms with Crippen molar-refractivity contribution < 1.29 is 27.4 Å². The molecule has 2 nitrogen and oxygen atoms in total. The fraction of sp³-hybridized carbons (Fsp3) is 0.400. The van der Waals surface area contributed by atoms with Crippen LogP contribution in [0.2, 0.25) is 0 Å². The highest BCUT2D eigenvalue weighted by Crippen LogP contribution is 2.24. The maximum atomic E-state index is 13.2. The molecule has 0 saturated heterocycles. The number of aliphatic hydroxyl groups excluding tert-OH is 1. The Hall–Kier alpha value is -1.30. The van der Waals surface area contributed by atoms with E-state index < -0.39 is 30.5 Å². The summed E-state index contributed by atoms with van der Waals surface area (Å²) in [6.45, 7) is -0.122. The predicted molar refractivity (Wildman–Crippen MR) is 48.6 cm³/mol. The largest absolute Gasteiger partial charge is 0.481 e. The summed E-state index contributed by atoms with van der Waals surface area (Å²) in [5.41, 5.74) is 0.275. The molecular weight excluding hydrogens is 228 g/mol. The highest BCUT2D eigenvalue weighted by atomic mass is 19.4. The Balaban J connectivity index is 2.76. The second kappa shape index (κ2) is 4.69. The van der Waals surface area contributed by atoms with Crippen LogP contribution in [-0.4, -0.2) is 17.9 Å². The van der Waals surface area contributed by atoms with Gasteiger partial charge in [-0.25, -0.2) is 4.39 Å². The van der Waals surface area contributed by atoms with Gasteiger partial charge in [0.25, 0.3) is 0 Å². The number of halogens is 4. The van der Waals surface area contributed by atoms with Crippen molar-refractivity contribution in [3.8, 4) is 5.75 Å². The van der Waals surface area contributed by atoms with Crippen LogP contribution < -0.4 is 4.74 Å². The summed E-state index contributed by atoms with van der Waals surface area (Å²) in [5.74, 6) is -1.41. The Bertz CT molecular complexity index is 360. The molecule has 0 aromatic heterocycles. The van der Waals surface area contributed by atoms with Gasteiger partial charge in [0.05, 0.1) is 6.10 Å². The zero-order valence-corrected chi connectivity index (χ0v) is 8.38. The highest BCUT2D eigenvalue weighted by Gasteiger charge is 2.28. The van der Waals surface area contributed by atoms with Crippen molar-refractivity contribution in [2.75, 3.05) is 6.61 Å². The fourth-order valence-electron chi connectivity index (χ4n) is 1.05. The van der Waals surface area contributed by atoms with Crippen LogP contribution in [-0.2, 0) is 0 Å². The van der Waals surface area contributed by atoms with Gasteiger partial charge in [0.1, 0.15) is 0 Å². The molecule has 0 amide bonds. The van der Waals surface area contributed by atoms with E-state index in [-0.39, 0.29) is 5.56 Å². The Morgan fingerprint density at radius 1 is 1.38 bits per heavy atom. The smallest absolute Gasteiger partial charge is 0.422 e. The first-order valence-electron chi connectivity index (χ1n) is 4.46. The van der Waals surface area contributed by atoms with E-state index in [4.69, 9.17) is 5.11 Å². The van der Waals surface area contributed by atoms with E-state index >= 15 is 0 Å². The van der Waals surface area contributed by atoms with Gasteiger partial charge in [0.15, 0.2) is 18.2 Å². The molecular formula is C10H10F4O2. The van der Waals surface area contributed by atoms with Crippen LogP contribution in [0, 0.1) is 5.82 Å². The standard InChI is InChI=1S/C10H10F4O2/c1-6(15)7-2-3-9(8(11)4-7)16-5-10(12,13)14/h2-4,6,15H,5H2,1H3/t6-/m1/s1. The van der Waals surface area contributed by atoms with Crippen molar-refractivity contribution in [2.45, 2.75) is 19.2 Å². The van der Waals surface area contributed by atoms with Crippen LogP contribution in [0.25, 0.3) is 0 Å². The Morgan fingerprint density at radius 2 is 2.00 bits per heavy atom. The van der Waals surface area contributed by atoms with Gasteiger partial charge in [-0.2, -0.15) is 13.2 Å². The molecule has 0 bridgehead atoms. The van der Waals surface area contributed by atoms with Crippen molar-refractivity contribution in [3.05, 3.63) is 29.6 Å². The molecule has 0 saturated carbocycles. The van der Waals surface area contributed by atoms with Gasteiger partial charge >= 0.3 is 6.18 Å². The van der Waals surface area contributed by atoms with Crippen LogP contribution in [0.1, 0.15) is 18.6 Å². The first-order chi connectivity index (χ1) is 7.29. The molecule has 0 spiro atoms. The normalized spacial score (nSPS) is 13.6. The summed E-state index contributed by atoms with van der Waals surface area (Å²) in [5, 5.41) is 9.11. The predicted octanol–water partition coefficient (Wildman–Crippen LogP) is 2.82. The fourth-order valence-corrected chi connectivity index (χ4v) is 1.05. The third-order valence-corrected chi connectivity index (χ3v) is 1.83. The van der Waals surface area contributed by atoms with Crippen LogP contribution in [0.3, 0.4) is 0 Å². The SMILES string of the molecule is C[C@@H](O)c1ccc(OCC(F)(F)F)c(F)c1. The molecule has 1 rings (SSSR count). The number of ether oxygens (including phenoxy) is 1. The first-order valence-corrected chi connectivity index (χ1v) is 4.46. The molecule has 1 aromatic carbocycles. The molecule has 6 heteroatoms. The molecule has 0 radical (unpaired) electrons. The van der Waals surface area contributed by atoms with Crippen LogP contribution in [0.15, 0.2) is 18.2 Å². The molecule has 1 N–H and O–H groups in total. The monoisotopic (exact) mass is 238 g/mol. The summed E-state index contributed by atoms with van der Waals surface area (Å²) in [7, 11) is 0. The van der Waals surface area contributed by atoms with E-state index in [1.165, 1.54) is 13.0 Å². The third-order valence-electron chi connectivity index (χ3n) is 1.83. The zero-order valence-electron chi connectivity index (χ0n) is 8.38. The number of benzene rings is 1. The maximum Gasteiger partial charge on any atom is 0.422 e. The number of rotatable bonds is 3. The second-order valence-electron chi connectivity index (χ2n) is 3.27. The van der Waals surface area contributed by atoms with E-state index in [0.717, 1.165) is 12.1 Å². The maximum absolute atomic E-state index is 13.2. The van der Waals surface area contributed by atoms with Gasteiger partial charge in [-0.3, -0.25) is 0 Å². The van der Waals surface area contributed by atoms with E-state index in [9.17, 15) is 17.6 Å². The van der Waals surface area contributed by atoms with E-state index in [0.29, 0.717) is 0 Å². The van der Waals surface area contributed by atoms with Gasteiger partial charge in [0.2, 0.25) is 0 Å². The summed E-state index contributed by atoms with van der Waals surface area (Å²) in [6.07, 6.45) is -5.39. The van der Waals surface area contributed by atoms with E-state index in [1.807, 2.05) is 0 Å². The summed E-state index contributed by atoms with van der Waals surface area (Å²) >= 11 is 0. The van der Waals surface area contributed by atoms with Crippen molar-refractivity contribution in [3.63, 3.8) is 0 Å². The van der Waals surface area contributed by atoms with Gasteiger partial charge in [-0.05, 0) is 24.6 Å². The van der Waals surface area contributed by atoms with E-state index in [1.54, 1.807) is 0 Å². The molecule has 0 aliphatic heterocycles. The molecule has 0 aliphatic rings. The number of hydrogen-bond donors (Lipinski definition) is 1. The molecule has 90 valence electrons. The summed E-state index contributed by atoms with van der Waals surface area (Å²) in [4.78, 5) is 0. The lowest BCUT2D eigenvalue weighted by atomic mass is 10.1. The van der Waals surface area contributed by atoms with Gasteiger partial charge in [0, 0.05) is 0 Å². The average molecular weight is 238 g/mol. The lowest BCUT2D eigenvalue weighted by Crippen LogP contribution is -2.19. The molecule has 0 aliphatic carbocycles. The number of alkyl halides is 3. The molecule has 1 aromatic rings. The lowest BCUT2D eigenvalue weighted by molar-refractivity contribution is -0.153. The Labute approximate surface area is 89.5 Å². The van der Waals surface area contributed by atoms with Gasteiger partial charge in [-0.15, -0.1) is 0 Å². The highest BCUT2D eigenvalue weighted by molar-refractivity contribution is 5.30. The molecule has 0 heterocycles. The first kappa shape index (κ1) is 12.8. The quantitative estimate of drug-likeness (QED) is 0.820. The average Bonchev–Trinajstić information content (AvgIpc) is 2.14. The van der Waals surface area contributed by atoms with Crippen LogP contribution in [0.4, 0.5) is 17.6 Å². The zero-order chi connectivity index (χ0) is 12.3. The summed E-state index contributed by atoms with van der Waals surface area (Å²) < 4.78 is 52.8. The van der Waals surface area contributed by atoms with Crippen molar-refractivity contribution in [1.29, 1.82) is 0 Å². The topological polar surface area (TPSA) is 29.5 Å². The minimum atomic E-state index is -4.50. The van der Waals surface area contributed by atoms with Gasteiger partial charge < -0.3 is 9.84 Å². The van der Waals surface area contributed by atoms with Gasteiger partial charge in [-0.1, -0.05) is 6.07 Å². The Kier molecular flexibility index (Phi) is 3.74. The van der Waals surface area contributed by atoms with Crippen LogP contribution >= 0.6 is 0 Å². The molecule has 16 heavy (non-hydrogen) atoms. The molecule has 0 fully saturated rings. The van der Waals surface area contributed by atoms with Crippen LogP contribution in [0.5, 0.6) is 5.75 Å². The molecule has 0 unspecified atom stereocenters. The minimum Gasteiger partial charge on any atom is -0.481 e. The minimum absolute atomic E-state index is 0.275.